The minimum Gasteiger partial charge on any atom is -0.326 e. The predicted octanol–water partition coefficient (Wildman–Crippen LogP) is 3.15. The minimum atomic E-state index is -0.218. The van der Waals surface area contributed by atoms with E-state index < -0.39 is 0 Å². The van der Waals surface area contributed by atoms with E-state index in [2.05, 4.69) is 4.57 Å². The highest BCUT2D eigenvalue weighted by Crippen LogP contribution is 2.30. The Bertz CT molecular complexity index is 645. The summed E-state index contributed by atoms with van der Waals surface area (Å²) >= 11 is 0. The molecule has 0 aliphatic heterocycles. The smallest absolute Gasteiger partial charge is 0.123 e. The standard InChI is InChI=1S/C17H22FN3/c1-11(19)17(13-6-5-7-14(18)10-13)21-12(2)20-15-8-3-4-9-16(15)21/h5-7,10-11,17H,3-4,8-9,19H2,1-2H3. The molecular weight excluding hydrogens is 265 g/mol. The van der Waals surface area contributed by atoms with Crippen LogP contribution in [-0.4, -0.2) is 15.6 Å². The van der Waals surface area contributed by atoms with Crippen LogP contribution in [-0.2, 0) is 12.8 Å². The molecule has 0 amide bonds. The van der Waals surface area contributed by atoms with Crippen LogP contribution in [0.25, 0.3) is 0 Å². The first-order valence-corrected chi connectivity index (χ1v) is 7.65. The number of aryl methyl sites for hydroxylation is 2. The number of benzene rings is 1. The summed E-state index contributed by atoms with van der Waals surface area (Å²) in [6.07, 6.45) is 4.46. The molecule has 0 radical (unpaired) electrons. The van der Waals surface area contributed by atoms with E-state index >= 15 is 0 Å². The normalized spacial score (nSPS) is 17.3. The molecule has 2 unspecified atom stereocenters. The van der Waals surface area contributed by atoms with Gasteiger partial charge in [0.25, 0.3) is 0 Å². The lowest BCUT2D eigenvalue weighted by Gasteiger charge is -2.27. The number of aromatic nitrogens is 2. The molecule has 1 aliphatic carbocycles. The SMILES string of the molecule is Cc1nc2c(n1C(c1cccc(F)c1)C(C)N)CCCC2. The van der Waals surface area contributed by atoms with Crippen LogP contribution in [0.15, 0.2) is 24.3 Å². The maximum atomic E-state index is 13.6. The van der Waals surface area contributed by atoms with Gasteiger partial charge in [-0.15, -0.1) is 0 Å². The molecule has 21 heavy (non-hydrogen) atoms. The molecule has 2 atom stereocenters. The van der Waals surface area contributed by atoms with Crippen molar-refractivity contribution in [3.63, 3.8) is 0 Å². The maximum absolute atomic E-state index is 13.6. The van der Waals surface area contributed by atoms with E-state index in [1.807, 2.05) is 19.9 Å². The monoisotopic (exact) mass is 287 g/mol. The Labute approximate surface area is 125 Å². The van der Waals surface area contributed by atoms with Crippen LogP contribution in [0.4, 0.5) is 4.39 Å². The maximum Gasteiger partial charge on any atom is 0.123 e. The predicted molar refractivity (Wildman–Crippen MR) is 81.8 cm³/mol. The second kappa shape index (κ2) is 5.60. The van der Waals surface area contributed by atoms with Gasteiger partial charge < -0.3 is 10.3 Å². The first kappa shape index (κ1) is 14.3. The fourth-order valence-electron chi connectivity index (χ4n) is 3.45. The quantitative estimate of drug-likeness (QED) is 0.942. The number of hydrogen-bond acceptors (Lipinski definition) is 2. The molecule has 0 saturated carbocycles. The average Bonchev–Trinajstić information content (AvgIpc) is 2.76. The van der Waals surface area contributed by atoms with Crippen LogP contribution >= 0.6 is 0 Å². The van der Waals surface area contributed by atoms with Gasteiger partial charge in [-0.1, -0.05) is 12.1 Å². The number of imidazole rings is 1. The molecule has 1 aromatic carbocycles. The highest BCUT2D eigenvalue weighted by atomic mass is 19.1. The second-order valence-corrected chi connectivity index (χ2v) is 5.99. The third kappa shape index (κ3) is 2.60. The molecule has 2 aromatic rings. The summed E-state index contributed by atoms with van der Waals surface area (Å²) in [6, 6.07) is 6.59. The summed E-state index contributed by atoms with van der Waals surface area (Å²) in [5, 5.41) is 0. The molecule has 0 bridgehead atoms. The van der Waals surface area contributed by atoms with Gasteiger partial charge in [-0.05, 0) is 57.2 Å². The number of nitrogens with zero attached hydrogens (tertiary/aromatic N) is 2. The van der Waals surface area contributed by atoms with Gasteiger partial charge in [0.15, 0.2) is 0 Å². The Hall–Kier alpha value is -1.68. The Kier molecular flexibility index (Phi) is 3.81. The molecule has 1 aliphatic rings. The molecule has 2 N–H and O–H groups in total. The number of nitrogens with two attached hydrogens (primary N) is 1. The fraction of sp³-hybridized carbons (Fsp3) is 0.471. The van der Waals surface area contributed by atoms with Crippen molar-refractivity contribution in [1.29, 1.82) is 0 Å². The third-order valence-electron chi connectivity index (χ3n) is 4.31. The van der Waals surface area contributed by atoms with Crippen molar-refractivity contribution in [3.8, 4) is 0 Å². The summed E-state index contributed by atoms with van der Waals surface area (Å²) in [7, 11) is 0. The van der Waals surface area contributed by atoms with Gasteiger partial charge in [0.05, 0.1) is 11.7 Å². The summed E-state index contributed by atoms with van der Waals surface area (Å²) in [6.45, 7) is 4.00. The zero-order valence-corrected chi connectivity index (χ0v) is 12.6. The highest BCUT2D eigenvalue weighted by molar-refractivity contribution is 5.28. The van der Waals surface area contributed by atoms with Gasteiger partial charge in [0.2, 0.25) is 0 Å². The highest BCUT2D eigenvalue weighted by Gasteiger charge is 2.26. The van der Waals surface area contributed by atoms with Crippen molar-refractivity contribution in [2.45, 2.75) is 51.6 Å². The van der Waals surface area contributed by atoms with E-state index in [0.29, 0.717) is 0 Å². The second-order valence-electron chi connectivity index (χ2n) is 5.99. The number of hydrogen-bond donors (Lipinski definition) is 1. The van der Waals surface area contributed by atoms with E-state index in [-0.39, 0.29) is 17.9 Å². The van der Waals surface area contributed by atoms with Crippen LogP contribution in [0.3, 0.4) is 0 Å². The molecule has 3 nitrogen and oxygen atoms in total. The molecule has 0 saturated heterocycles. The van der Waals surface area contributed by atoms with Gasteiger partial charge in [-0.2, -0.15) is 0 Å². The average molecular weight is 287 g/mol. The molecule has 3 rings (SSSR count). The van der Waals surface area contributed by atoms with Crippen molar-refractivity contribution < 1.29 is 4.39 Å². The first-order chi connectivity index (χ1) is 10.1. The van der Waals surface area contributed by atoms with Crippen LogP contribution in [0.2, 0.25) is 0 Å². The van der Waals surface area contributed by atoms with Crippen molar-refractivity contribution in [2.75, 3.05) is 0 Å². The molecule has 1 heterocycles. The summed E-state index contributed by atoms with van der Waals surface area (Å²) in [5.41, 5.74) is 9.63. The zero-order chi connectivity index (χ0) is 15.0. The molecule has 112 valence electrons. The lowest BCUT2D eigenvalue weighted by atomic mass is 9.97. The molecule has 4 heteroatoms. The van der Waals surface area contributed by atoms with Gasteiger partial charge in [0.1, 0.15) is 11.6 Å². The Morgan fingerprint density at radius 1 is 1.29 bits per heavy atom. The minimum absolute atomic E-state index is 0.0601. The van der Waals surface area contributed by atoms with Crippen molar-refractivity contribution in [3.05, 3.63) is 52.9 Å². The Morgan fingerprint density at radius 2 is 2.05 bits per heavy atom. The van der Waals surface area contributed by atoms with Crippen LogP contribution in [0.1, 0.15) is 48.6 Å². The Morgan fingerprint density at radius 3 is 2.76 bits per heavy atom. The van der Waals surface area contributed by atoms with Gasteiger partial charge in [0, 0.05) is 11.7 Å². The number of halogens is 1. The summed E-state index contributed by atoms with van der Waals surface area (Å²) < 4.78 is 15.8. The van der Waals surface area contributed by atoms with E-state index in [4.69, 9.17) is 10.7 Å². The van der Waals surface area contributed by atoms with Crippen LogP contribution in [0, 0.1) is 12.7 Å². The largest absolute Gasteiger partial charge is 0.326 e. The molecule has 0 fully saturated rings. The van der Waals surface area contributed by atoms with E-state index in [0.717, 1.165) is 24.2 Å². The lowest BCUT2D eigenvalue weighted by molar-refractivity contribution is 0.463. The molecule has 1 aromatic heterocycles. The summed E-state index contributed by atoms with van der Waals surface area (Å²) in [5.74, 6) is 0.762. The van der Waals surface area contributed by atoms with Crippen molar-refractivity contribution >= 4 is 0 Å². The Balaban J connectivity index is 2.12. The number of fused-ring (bicyclic) bond motifs is 1. The van der Waals surface area contributed by atoms with E-state index in [9.17, 15) is 4.39 Å². The van der Waals surface area contributed by atoms with E-state index in [1.165, 1.54) is 30.3 Å². The van der Waals surface area contributed by atoms with Gasteiger partial charge in [-0.3, -0.25) is 0 Å². The fourth-order valence-corrected chi connectivity index (χ4v) is 3.45. The number of rotatable bonds is 3. The van der Waals surface area contributed by atoms with E-state index in [1.54, 1.807) is 12.1 Å². The lowest BCUT2D eigenvalue weighted by Crippen LogP contribution is -2.32. The first-order valence-electron chi connectivity index (χ1n) is 7.65. The topological polar surface area (TPSA) is 43.8 Å². The van der Waals surface area contributed by atoms with Crippen LogP contribution in [0.5, 0.6) is 0 Å². The van der Waals surface area contributed by atoms with Gasteiger partial charge >= 0.3 is 0 Å². The molecular formula is C17H22FN3. The van der Waals surface area contributed by atoms with Crippen molar-refractivity contribution in [2.24, 2.45) is 5.73 Å². The summed E-state index contributed by atoms with van der Waals surface area (Å²) in [4.78, 5) is 4.72. The third-order valence-corrected chi connectivity index (χ3v) is 4.31. The van der Waals surface area contributed by atoms with Gasteiger partial charge in [-0.25, -0.2) is 9.37 Å². The van der Waals surface area contributed by atoms with Crippen LogP contribution < -0.4 is 5.73 Å². The van der Waals surface area contributed by atoms with Crippen molar-refractivity contribution in [1.82, 2.24) is 9.55 Å². The molecule has 0 spiro atoms. The zero-order valence-electron chi connectivity index (χ0n) is 12.6.